The van der Waals surface area contributed by atoms with Gasteiger partial charge in [-0.3, -0.25) is 0 Å². The molecule has 0 aliphatic heterocycles. The van der Waals surface area contributed by atoms with Gasteiger partial charge in [0.2, 0.25) is 0 Å². The fourth-order valence-electron chi connectivity index (χ4n) is 1.18. The van der Waals surface area contributed by atoms with Gasteiger partial charge in [0.05, 0.1) is 0 Å². The highest BCUT2D eigenvalue weighted by Gasteiger charge is 2.03. The Morgan fingerprint density at radius 3 is 2.07 bits per heavy atom. The SMILES string of the molecule is C=C(/C=C\C)CC(=C)N(C)C(=C)/C=C\C. The second kappa shape index (κ2) is 6.88. The van der Waals surface area contributed by atoms with Crippen LogP contribution in [0.4, 0.5) is 0 Å². The predicted molar refractivity (Wildman–Crippen MR) is 69.4 cm³/mol. The molecule has 0 aliphatic carbocycles. The first kappa shape index (κ1) is 13.5. The second-order valence-electron chi connectivity index (χ2n) is 3.45. The summed E-state index contributed by atoms with van der Waals surface area (Å²) in [4.78, 5) is 1.98. The largest absolute Gasteiger partial charge is 0.349 e. The zero-order valence-electron chi connectivity index (χ0n) is 10.1. The maximum absolute atomic E-state index is 4.02. The average molecular weight is 203 g/mol. The third-order valence-corrected chi connectivity index (χ3v) is 2.10. The molecule has 0 atom stereocenters. The Labute approximate surface area is 93.8 Å². The van der Waals surface area contributed by atoms with Crippen LogP contribution in [0, 0.1) is 0 Å². The lowest BCUT2D eigenvalue weighted by molar-refractivity contribution is 0.527. The van der Waals surface area contributed by atoms with Crippen LogP contribution >= 0.6 is 0 Å². The number of likely N-dealkylation sites (N-methyl/N-ethyl adjacent to an activating group) is 1. The standard InChI is InChI=1S/C14H21N/c1-7-9-12(3)11-14(5)15(6)13(4)10-8-2/h7-10H,3-5,11H2,1-2,6H3/b9-7-,10-8-. The molecule has 1 nitrogen and oxygen atoms in total. The number of hydrogen-bond acceptors (Lipinski definition) is 1. The molecule has 0 aromatic heterocycles. The summed E-state index contributed by atoms with van der Waals surface area (Å²) in [6.07, 6.45) is 8.68. The Kier molecular flexibility index (Phi) is 6.19. The lowest BCUT2D eigenvalue weighted by Crippen LogP contribution is -2.14. The van der Waals surface area contributed by atoms with E-state index in [4.69, 9.17) is 0 Å². The first-order chi connectivity index (χ1) is 7.02. The normalized spacial score (nSPS) is 10.9. The average Bonchev–Trinajstić information content (AvgIpc) is 2.17. The minimum Gasteiger partial charge on any atom is -0.349 e. The van der Waals surface area contributed by atoms with Crippen LogP contribution in [0.1, 0.15) is 20.3 Å². The molecule has 0 fully saturated rings. The molecule has 0 radical (unpaired) electrons. The van der Waals surface area contributed by atoms with Gasteiger partial charge in [0.15, 0.2) is 0 Å². The molecule has 0 aromatic carbocycles. The van der Waals surface area contributed by atoms with Gasteiger partial charge in [0, 0.05) is 24.9 Å². The number of hydrogen-bond donors (Lipinski definition) is 0. The minimum atomic E-state index is 0.775. The van der Waals surface area contributed by atoms with Gasteiger partial charge in [0.1, 0.15) is 0 Å². The smallest absolute Gasteiger partial charge is 0.0329 e. The maximum Gasteiger partial charge on any atom is 0.0329 e. The molecule has 0 spiro atoms. The molecule has 0 rings (SSSR count). The Morgan fingerprint density at radius 1 is 1.07 bits per heavy atom. The van der Waals surface area contributed by atoms with Crippen molar-refractivity contribution in [2.45, 2.75) is 20.3 Å². The molecular formula is C14H21N. The van der Waals surface area contributed by atoms with Gasteiger partial charge in [-0.1, -0.05) is 38.0 Å². The number of rotatable bonds is 6. The molecule has 0 amide bonds. The molecule has 0 aliphatic rings. The summed E-state index contributed by atoms with van der Waals surface area (Å²) in [5.74, 6) is 0. The highest BCUT2D eigenvalue weighted by atomic mass is 15.1. The van der Waals surface area contributed by atoms with Crippen LogP contribution in [0.25, 0.3) is 0 Å². The van der Waals surface area contributed by atoms with Crippen molar-refractivity contribution in [3.8, 4) is 0 Å². The molecule has 0 saturated carbocycles. The summed E-state index contributed by atoms with van der Waals surface area (Å²) < 4.78 is 0. The van der Waals surface area contributed by atoms with E-state index in [1.165, 1.54) is 0 Å². The van der Waals surface area contributed by atoms with Crippen LogP contribution in [-0.2, 0) is 0 Å². The summed E-state index contributed by atoms with van der Waals surface area (Å²) in [6.45, 7) is 15.9. The van der Waals surface area contributed by atoms with E-state index in [2.05, 4.69) is 19.7 Å². The van der Waals surface area contributed by atoms with Crippen molar-refractivity contribution < 1.29 is 0 Å². The zero-order chi connectivity index (χ0) is 11.8. The first-order valence-electron chi connectivity index (χ1n) is 5.06. The van der Waals surface area contributed by atoms with Gasteiger partial charge in [-0.15, -0.1) is 0 Å². The van der Waals surface area contributed by atoms with E-state index in [0.29, 0.717) is 0 Å². The fraction of sp³-hybridized carbons (Fsp3) is 0.286. The third kappa shape index (κ3) is 5.06. The van der Waals surface area contributed by atoms with E-state index in [-0.39, 0.29) is 0 Å². The van der Waals surface area contributed by atoms with Crippen molar-refractivity contribution in [3.05, 3.63) is 61.0 Å². The van der Waals surface area contributed by atoms with Crippen molar-refractivity contribution in [2.75, 3.05) is 7.05 Å². The second-order valence-corrected chi connectivity index (χ2v) is 3.45. The molecule has 0 saturated heterocycles. The van der Waals surface area contributed by atoms with Crippen molar-refractivity contribution >= 4 is 0 Å². The lowest BCUT2D eigenvalue weighted by atomic mass is 10.1. The molecular weight excluding hydrogens is 182 g/mol. The predicted octanol–water partition coefficient (Wildman–Crippen LogP) is 4.04. The molecule has 0 N–H and O–H groups in total. The van der Waals surface area contributed by atoms with Crippen LogP contribution in [-0.4, -0.2) is 11.9 Å². The van der Waals surface area contributed by atoms with Crippen LogP contribution in [0.3, 0.4) is 0 Å². The molecule has 82 valence electrons. The molecule has 0 bridgehead atoms. The van der Waals surface area contributed by atoms with Gasteiger partial charge in [0.25, 0.3) is 0 Å². The fourth-order valence-corrected chi connectivity index (χ4v) is 1.18. The first-order valence-corrected chi connectivity index (χ1v) is 5.06. The van der Waals surface area contributed by atoms with E-state index in [1.807, 2.05) is 50.1 Å². The van der Waals surface area contributed by atoms with Crippen LogP contribution in [0.15, 0.2) is 61.0 Å². The van der Waals surface area contributed by atoms with Gasteiger partial charge < -0.3 is 4.90 Å². The summed E-state index contributed by atoms with van der Waals surface area (Å²) >= 11 is 0. The van der Waals surface area contributed by atoms with Crippen molar-refractivity contribution in [1.82, 2.24) is 4.90 Å². The third-order valence-electron chi connectivity index (χ3n) is 2.10. The maximum atomic E-state index is 4.02. The molecule has 0 unspecified atom stereocenters. The van der Waals surface area contributed by atoms with Crippen LogP contribution < -0.4 is 0 Å². The topological polar surface area (TPSA) is 3.24 Å². The summed E-state index contributed by atoms with van der Waals surface area (Å²) in [5, 5.41) is 0. The Hall–Kier alpha value is -1.50. The monoisotopic (exact) mass is 203 g/mol. The van der Waals surface area contributed by atoms with Crippen molar-refractivity contribution in [3.63, 3.8) is 0 Å². The van der Waals surface area contributed by atoms with Crippen LogP contribution in [0.5, 0.6) is 0 Å². The summed E-state index contributed by atoms with van der Waals surface area (Å²) in [5.41, 5.74) is 3.00. The van der Waals surface area contributed by atoms with Crippen LogP contribution in [0.2, 0.25) is 0 Å². The van der Waals surface area contributed by atoms with E-state index in [1.54, 1.807) is 0 Å². The molecule has 0 aromatic rings. The number of nitrogens with zero attached hydrogens (tertiary/aromatic N) is 1. The quantitative estimate of drug-likeness (QED) is 0.589. The highest BCUT2D eigenvalue weighted by molar-refractivity contribution is 5.24. The lowest BCUT2D eigenvalue weighted by Gasteiger charge is -2.22. The Bertz CT molecular complexity index is 305. The minimum absolute atomic E-state index is 0.775. The van der Waals surface area contributed by atoms with Gasteiger partial charge in [-0.25, -0.2) is 0 Å². The Balaban J connectivity index is 4.33. The van der Waals surface area contributed by atoms with Gasteiger partial charge in [-0.2, -0.15) is 0 Å². The highest BCUT2D eigenvalue weighted by Crippen LogP contribution is 2.16. The van der Waals surface area contributed by atoms with E-state index >= 15 is 0 Å². The molecule has 1 heteroatoms. The number of allylic oxidation sites excluding steroid dienone is 5. The molecule has 0 heterocycles. The van der Waals surface area contributed by atoms with Gasteiger partial charge >= 0.3 is 0 Å². The zero-order valence-corrected chi connectivity index (χ0v) is 10.1. The summed E-state index contributed by atoms with van der Waals surface area (Å²) in [7, 11) is 1.97. The molecule has 15 heavy (non-hydrogen) atoms. The van der Waals surface area contributed by atoms with E-state index < -0.39 is 0 Å². The van der Waals surface area contributed by atoms with Gasteiger partial charge in [-0.05, 0) is 25.5 Å². The van der Waals surface area contributed by atoms with Crippen molar-refractivity contribution in [1.29, 1.82) is 0 Å². The Morgan fingerprint density at radius 2 is 1.60 bits per heavy atom. The van der Waals surface area contributed by atoms with E-state index in [0.717, 1.165) is 23.4 Å². The van der Waals surface area contributed by atoms with Crippen molar-refractivity contribution in [2.24, 2.45) is 0 Å². The van der Waals surface area contributed by atoms with E-state index in [9.17, 15) is 0 Å². The summed E-state index contributed by atoms with van der Waals surface area (Å²) in [6, 6.07) is 0.